The Kier molecular flexibility index (Phi) is 5.22. The van der Waals surface area contributed by atoms with E-state index in [1.54, 1.807) is 6.92 Å². The molecule has 4 nitrogen and oxygen atoms in total. The van der Waals surface area contributed by atoms with Crippen LogP contribution in [0.2, 0.25) is 0 Å². The highest BCUT2D eigenvalue weighted by atomic mass is 19.1. The number of hydrogen-bond acceptors (Lipinski definition) is 3. The largest absolute Gasteiger partial charge is 0.383 e. The molecule has 0 spiro atoms. The Morgan fingerprint density at radius 2 is 2.08 bits per heavy atom. The van der Waals surface area contributed by atoms with Crippen LogP contribution < -0.4 is 5.32 Å². The van der Waals surface area contributed by atoms with Gasteiger partial charge < -0.3 is 10.4 Å². The average molecular weight is 191 g/mol. The Labute approximate surface area is 76.1 Å². The highest BCUT2D eigenvalue weighted by Gasteiger charge is 2.22. The summed E-state index contributed by atoms with van der Waals surface area (Å²) in [5.41, 5.74) is 0. The first-order valence-corrected chi connectivity index (χ1v) is 4.06. The SMILES string of the molecule is CC[C@H](NC(=O)CF)[C@H](O)C(C)=O. The van der Waals surface area contributed by atoms with E-state index in [4.69, 9.17) is 0 Å². The third-order valence-electron chi connectivity index (χ3n) is 1.71. The van der Waals surface area contributed by atoms with E-state index in [1.807, 2.05) is 0 Å². The molecule has 0 radical (unpaired) electrons. The molecule has 0 saturated carbocycles. The van der Waals surface area contributed by atoms with E-state index >= 15 is 0 Å². The molecule has 0 saturated heterocycles. The van der Waals surface area contributed by atoms with Crippen LogP contribution in [0.3, 0.4) is 0 Å². The zero-order chi connectivity index (χ0) is 10.4. The minimum atomic E-state index is -1.25. The van der Waals surface area contributed by atoms with Crippen LogP contribution in [0.4, 0.5) is 4.39 Å². The Balaban J connectivity index is 4.17. The van der Waals surface area contributed by atoms with Crippen molar-refractivity contribution in [2.45, 2.75) is 32.4 Å². The minimum Gasteiger partial charge on any atom is -0.383 e. The van der Waals surface area contributed by atoms with Crippen molar-refractivity contribution in [3.05, 3.63) is 0 Å². The van der Waals surface area contributed by atoms with Crippen LogP contribution in [-0.4, -0.2) is 35.6 Å². The number of rotatable bonds is 5. The number of hydrogen-bond donors (Lipinski definition) is 2. The number of halogens is 1. The molecule has 0 aromatic rings. The maximum Gasteiger partial charge on any atom is 0.251 e. The van der Waals surface area contributed by atoms with Crippen LogP contribution in [-0.2, 0) is 9.59 Å². The fourth-order valence-corrected chi connectivity index (χ4v) is 0.933. The molecule has 1 amide bonds. The number of amides is 1. The molecule has 0 aromatic heterocycles. The Morgan fingerprint density at radius 1 is 1.54 bits per heavy atom. The zero-order valence-electron chi connectivity index (χ0n) is 7.71. The predicted molar refractivity (Wildman–Crippen MR) is 44.9 cm³/mol. The lowest BCUT2D eigenvalue weighted by atomic mass is 10.1. The average Bonchev–Trinajstić information content (AvgIpc) is 2.12. The van der Waals surface area contributed by atoms with Gasteiger partial charge in [0.05, 0.1) is 6.04 Å². The molecule has 0 bridgehead atoms. The lowest BCUT2D eigenvalue weighted by Gasteiger charge is -2.19. The van der Waals surface area contributed by atoms with Crippen molar-refractivity contribution in [2.75, 3.05) is 6.67 Å². The summed E-state index contributed by atoms with van der Waals surface area (Å²) in [6, 6.07) is -0.694. The fourth-order valence-electron chi connectivity index (χ4n) is 0.933. The van der Waals surface area contributed by atoms with Gasteiger partial charge in [0.1, 0.15) is 6.10 Å². The third-order valence-corrected chi connectivity index (χ3v) is 1.71. The van der Waals surface area contributed by atoms with Crippen molar-refractivity contribution in [1.82, 2.24) is 5.32 Å². The summed E-state index contributed by atoms with van der Waals surface area (Å²) in [5.74, 6) is -1.25. The topological polar surface area (TPSA) is 66.4 Å². The van der Waals surface area contributed by atoms with Crippen molar-refractivity contribution >= 4 is 11.7 Å². The van der Waals surface area contributed by atoms with Crippen LogP contribution in [0, 0.1) is 0 Å². The van der Waals surface area contributed by atoms with Gasteiger partial charge in [0.15, 0.2) is 12.5 Å². The second-order valence-corrected chi connectivity index (χ2v) is 2.77. The number of alkyl halides is 1. The van der Waals surface area contributed by atoms with Gasteiger partial charge in [-0.05, 0) is 13.3 Å². The molecule has 0 aromatic carbocycles. The van der Waals surface area contributed by atoms with Crippen molar-refractivity contribution in [3.63, 3.8) is 0 Å². The van der Waals surface area contributed by atoms with Gasteiger partial charge in [-0.3, -0.25) is 9.59 Å². The molecule has 76 valence electrons. The Bertz CT molecular complexity index is 196. The number of aliphatic hydroxyl groups excluding tert-OH is 1. The smallest absolute Gasteiger partial charge is 0.251 e. The molecule has 0 aliphatic heterocycles. The number of aliphatic hydroxyl groups is 1. The van der Waals surface area contributed by atoms with Gasteiger partial charge in [0.25, 0.3) is 5.91 Å². The van der Waals surface area contributed by atoms with Crippen LogP contribution in [0.25, 0.3) is 0 Å². The minimum absolute atomic E-state index is 0.381. The quantitative estimate of drug-likeness (QED) is 0.632. The van der Waals surface area contributed by atoms with Crippen LogP contribution in [0.15, 0.2) is 0 Å². The summed E-state index contributed by atoms with van der Waals surface area (Å²) in [6.07, 6.45) is -0.868. The molecule has 2 N–H and O–H groups in total. The molecule has 13 heavy (non-hydrogen) atoms. The van der Waals surface area contributed by atoms with Crippen molar-refractivity contribution in [2.24, 2.45) is 0 Å². The van der Waals surface area contributed by atoms with Crippen LogP contribution in [0.5, 0.6) is 0 Å². The van der Waals surface area contributed by atoms with Gasteiger partial charge in [-0.25, -0.2) is 4.39 Å². The molecular weight excluding hydrogens is 177 g/mol. The fraction of sp³-hybridized carbons (Fsp3) is 0.750. The van der Waals surface area contributed by atoms with Crippen molar-refractivity contribution < 1.29 is 19.1 Å². The monoisotopic (exact) mass is 191 g/mol. The van der Waals surface area contributed by atoms with Gasteiger partial charge in [-0.15, -0.1) is 0 Å². The molecule has 0 unspecified atom stereocenters. The van der Waals surface area contributed by atoms with Crippen molar-refractivity contribution in [1.29, 1.82) is 0 Å². The van der Waals surface area contributed by atoms with Crippen LogP contribution in [0.1, 0.15) is 20.3 Å². The van der Waals surface area contributed by atoms with Gasteiger partial charge in [-0.2, -0.15) is 0 Å². The zero-order valence-corrected chi connectivity index (χ0v) is 7.71. The normalized spacial score (nSPS) is 14.8. The van der Waals surface area contributed by atoms with Gasteiger partial charge >= 0.3 is 0 Å². The Morgan fingerprint density at radius 3 is 2.38 bits per heavy atom. The summed E-state index contributed by atoms with van der Waals surface area (Å²) in [7, 11) is 0. The second-order valence-electron chi connectivity index (χ2n) is 2.77. The predicted octanol–water partition coefficient (Wildman–Crippen LogP) is -0.199. The summed E-state index contributed by atoms with van der Waals surface area (Å²) in [4.78, 5) is 21.3. The van der Waals surface area contributed by atoms with E-state index in [9.17, 15) is 19.1 Å². The first kappa shape index (κ1) is 12.0. The lowest BCUT2D eigenvalue weighted by molar-refractivity contribution is -0.129. The number of carbonyl (C=O) groups is 2. The summed E-state index contributed by atoms with van der Waals surface area (Å²) in [6.45, 7) is 1.77. The number of nitrogens with one attached hydrogen (secondary N) is 1. The molecule has 0 aliphatic carbocycles. The third kappa shape index (κ3) is 3.98. The van der Waals surface area contributed by atoms with Gasteiger partial charge in [0.2, 0.25) is 0 Å². The standard InChI is InChI=1S/C8H14FNO3/c1-3-6(8(13)5(2)11)10-7(12)4-9/h6,8,13H,3-4H2,1-2H3,(H,10,12)/t6-,8+/m0/s1. The van der Waals surface area contributed by atoms with Gasteiger partial charge in [0, 0.05) is 0 Å². The molecular formula is C8H14FNO3. The lowest BCUT2D eigenvalue weighted by Crippen LogP contribution is -2.46. The number of carbonyl (C=O) groups excluding carboxylic acids is 2. The maximum absolute atomic E-state index is 11.8. The van der Waals surface area contributed by atoms with Crippen LogP contribution >= 0.6 is 0 Å². The maximum atomic E-state index is 11.8. The highest BCUT2D eigenvalue weighted by Crippen LogP contribution is 2.00. The second kappa shape index (κ2) is 5.64. The summed E-state index contributed by atoms with van der Waals surface area (Å²) < 4.78 is 11.8. The molecule has 0 heterocycles. The highest BCUT2D eigenvalue weighted by molar-refractivity contribution is 5.83. The van der Waals surface area contributed by atoms with Gasteiger partial charge in [-0.1, -0.05) is 6.92 Å². The van der Waals surface area contributed by atoms with E-state index < -0.39 is 30.5 Å². The molecule has 0 fully saturated rings. The van der Waals surface area contributed by atoms with E-state index in [0.717, 1.165) is 0 Å². The molecule has 0 rings (SSSR count). The first-order chi connectivity index (χ1) is 6.02. The van der Waals surface area contributed by atoms with E-state index in [2.05, 4.69) is 5.32 Å². The molecule has 2 atom stereocenters. The number of Topliss-reactive ketones (excluding diaryl/α,β-unsaturated/α-hetero) is 1. The molecule has 5 heteroatoms. The first-order valence-electron chi connectivity index (χ1n) is 4.06. The Hall–Kier alpha value is -0.970. The van der Waals surface area contributed by atoms with E-state index in [0.29, 0.717) is 6.42 Å². The number of ketones is 1. The van der Waals surface area contributed by atoms with E-state index in [1.165, 1.54) is 6.92 Å². The summed E-state index contributed by atoms with van der Waals surface area (Å²) in [5, 5.41) is 11.5. The summed E-state index contributed by atoms with van der Waals surface area (Å²) >= 11 is 0. The van der Waals surface area contributed by atoms with Crippen molar-refractivity contribution in [3.8, 4) is 0 Å². The van der Waals surface area contributed by atoms with E-state index in [-0.39, 0.29) is 0 Å². The molecule has 0 aliphatic rings.